The van der Waals surface area contributed by atoms with E-state index in [0.29, 0.717) is 18.7 Å². The Morgan fingerprint density at radius 3 is 2.79 bits per heavy atom. The van der Waals surface area contributed by atoms with E-state index in [1.807, 2.05) is 13.0 Å². The fraction of sp³-hybridized carbons (Fsp3) is 0.500. The Morgan fingerprint density at radius 2 is 2.29 bits per heavy atom. The first kappa shape index (κ1) is 10.8. The highest BCUT2D eigenvalue weighted by Crippen LogP contribution is 2.17. The molecule has 0 unspecified atom stereocenters. The second kappa shape index (κ2) is 4.81. The first-order chi connectivity index (χ1) is 6.65. The van der Waals surface area contributed by atoms with Gasteiger partial charge in [-0.25, -0.2) is 0 Å². The van der Waals surface area contributed by atoms with Crippen LogP contribution < -0.4 is 4.90 Å². The van der Waals surface area contributed by atoms with Gasteiger partial charge < -0.3 is 9.52 Å². The summed E-state index contributed by atoms with van der Waals surface area (Å²) in [5.41, 5.74) is 0. The Bertz CT molecular complexity index is 306. The number of hydrogen-bond donors (Lipinski definition) is 1. The van der Waals surface area contributed by atoms with Crippen molar-refractivity contribution in [2.24, 2.45) is 0 Å². The molecule has 4 heteroatoms. The van der Waals surface area contributed by atoms with Gasteiger partial charge in [-0.3, -0.25) is 9.69 Å². The summed E-state index contributed by atoms with van der Waals surface area (Å²) in [6.45, 7) is 1.87. The zero-order valence-electron chi connectivity index (χ0n) is 8.49. The quantitative estimate of drug-likeness (QED) is 0.792. The summed E-state index contributed by atoms with van der Waals surface area (Å²) in [6.07, 6.45) is 0.829. The van der Waals surface area contributed by atoms with Crippen LogP contribution >= 0.6 is 0 Å². The Labute approximate surface area is 83.1 Å². The van der Waals surface area contributed by atoms with Gasteiger partial charge in [0.1, 0.15) is 5.76 Å². The van der Waals surface area contributed by atoms with Crippen molar-refractivity contribution >= 4 is 11.8 Å². The molecule has 0 aliphatic heterocycles. The number of anilines is 1. The molecule has 0 aliphatic rings. The van der Waals surface area contributed by atoms with E-state index in [1.165, 1.54) is 4.90 Å². The van der Waals surface area contributed by atoms with Crippen molar-refractivity contribution < 1.29 is 14.3 Å². The van der Waals surface area contributed by atoms with Gasteiger partial charge in [0.2, 0.25) is 11.8 Å². The number of carbonyl (C=O) groups is 1. The second-order valence-corrected chi connectivity index (χ2v) is 3.16. The van der Waals surface area contributed by atoms with Crippen molar-refractivity contribution in [3.63, 3.8) is 0 Å². The predicted molar refractivity (Wildman–Crippen MR) is 53.2 cm³/mol. The minimum absolute atomic E-state index is 0.0385. The number of aliphatic hydroxyl groups is 1. The van der Waals surface area contributed by atoms with Crippen LogP contribution in [0.1, 0.15) is 18.6 Å². The molecule has 14 heavy (non-hydrogen) atoms. The lowest BCUT2D eigenvalue weighted by Crippen LogP contribution is -2.25. The molecule has 0 saturated carbocycles. The normalized spacial score (nSPS) is 10.2. The zero-order chi connectivity index (χ0) is 10.6. The van der Waals surface area contributed by atoms with Crippen LogP contribution in [-0.2, 0) is 4.79 Å². The molecule has 0 saturated heterocycles. The Kier molecular flexibility index (Phi) is 3.71. The first-order valence-corrected chi connectivity index (χ1v) is 4.59. The Morgan fingerprint density at radius 1 is 1.57 bits per heavy atom. The molecular weight excluding hydrogens is 182 g/mol. The van der Waals surface area contributed by atoms with Crippen LogP contribution in [0.25, 0.3) is 0 Å². The molecule has 1 rings (SSSR count). The summed E-state index contributed by atoms with van der Waals surface area (Å²) in [5.74, 6) is 1.28. The predicted octanol–water partition coefficient (Wildman–Crippen LogP) is 1.32. The van der Waals surface area contributed by atoms with Gasteiger partial charge in [0.25, 0.3) is 0 Å². The van der Waals surface area contributed by atoms with Crippen molar-refractivity contribution in [2.75, 3.05) is 18.6 Å². The van der Waals surface area contributed by atoms with Gasteiger partial charge in [-0.05, 0) is 19.4 Å². The monoisotopic (exact) mass is 197 g/mol. The maximum atomic E-state index is 11.5. The summed E-state index contributed by atoms with van der Waals surface area (Å²) in [4.78, 5) is 12.9. The summed E-state index contributed by atoms with van der Waals surface area (Å²) in [5, 5.41) is 8.58. The summed E-state index contributed by atoms with van der Waals surface area (Å²) in [6, 6.07) is 3.57. The van der Waals surface area contributed by atoms with E-state index >= 15 is 0 Å². The molecule has 0 aromatic carbocycles. The lowest BCUT2D eigenvalue weighted by molar-refractivity contribution is -0.118. The second-order valence-electron chi connectivity index (χ2n) is 3.16. The molecule has 1 amide bonds. The molecule has 1 aromatic rings. The number of carbonyl (C=O) groups excluding carboxylic acids is 1. The van der Waals surface area contributed by atoms with Gasteiger partial charge >= 0.3 is 0 Å². The van der Waals surface area contributed by atoms with E-state index < -0.39 is 0 Å². The molecular formula is C10H15NO3. The van der Waals surface area contributed by atoms with E-state index in [2.05, 4.69) is 0 Å². The molecule has 4 nitrogen and oxygen atoms in total. The summed E-state index contributed by atoms with van der Waals surface area (Å²) in [7, 11) is 1.66. The molecule has 0 fully saturated rings. The average molecular weight is 197 g/mol. The topological polar surface area (TPSA) is 53.7 Å². The number of aryl methyl sites for hydroxylation is 1. The average Bonchev–Trinajstić information content (AvgIpc) is 2.60. The number of amides is 1. The molecule has 1 aromatic heterocycles. The third-order valence-corrected chi connectivity index (χ3v) is 1.98. The van der Waals surface area contributed by atoms with Crippen LogP contribution in [0.15, 0.2) is 16.5 Å². The highest BCUT2D eigenvalue weighted by molar-refractivity contribution is 5.91. The highest BCUT2D eigenvalue weighted by Gasteiger charge is 2.12. The van der Waals surface area contributed by atoms with Gasteiger partial charge in [-0.2, -0.15) is 0 Å². The Hall–Kier alpha value is -1.29. The van der Waals surface area contributed by atoms with Crippen molar-refractivity contribution in [3.8, 4) is 0 Å². The first-order valence-electron chi connectivity index (χ1n) is 4.59. The molecule has 0 radical (unpaired) electrons. The zero-order valence-corrected chi connectivity index (χ0v) is 8.49. The number of rotatable bonds is 4. The van der Waals surface area contributed by atoms with Gasteiger partial charge in [0.05, 0.1) is 0 Å². The standard InChI is InChI=1S/C10H15NO3/c1-8-5-6-10(14-8)11(2)9(13)4-3-7-12/h5-6,12H,3-4,7H2,1-2H3. The highest BCUT2D eigenvalue weighted by atomic mass is 16.4. The van der Waals surface area contributed by atoms with Crippen LogP contribution in [0.2, 0.25) is 0 Å². The molecule has 0 aliphatic carbocycles. The summed E-state index contributed by atoms with van der Waals surface area (Å²) < 4.78 is 5.29. The fourth-order valence-electron chi connectivity index (χ4n) is 1.12. The van der Waals surface area contributed by atoms with E-state index in [9.17, 15) is 4.79 Å². The van der Waals surface area contributed by atoms with Crippen LogP contribution in [0, 0.1) is 6.92 Å². The molecule has 1 heterocycles. The van der Waals surface area contributed by atoms with Gasteiger partial charge in [-0.1, -0.05) is 0 Å². The van der Waals surface area contributed by atoms with E-state index in [-0.39, 0.29) is 12.5 Å². The molecule has 0 atom stereocenters. The van der Waals surface area contributed by atoms with Crippen molar-refractivity contribution in [2.45, 2.75) is 19.8 Å². The molecule has 1 N–H and O–H groups in total. The van der Waals surface area contributed by atoms with Crippen molar-refractivity contribution in [1.29, 1.82) is 0 Å². The van der Waals surface area contributed by atoms with Crippen LogP contribution in [0.3, 0.4) is 0 Å². The van der Waals surface area contributed by atoms with Gasteiger partial charge in [-0.15, -0.1) is 0 Å². The lowest BCUT2D eigenvalue weighted by atomic mass is 10.3. The number of aliphatic hydroxyl groups excluding tert-OH is 1. The molecule has 78 valence electrons. The minimum atomic E-state index is -0.0478. The fourth-order valence-corrected chi connectivity index (χ4v) is 1.12. The van der Waals surface area contributed by atoms with Gasteiger partial charge in [0.15, 0.2) is 0 Å². The van der Waals surface area contributed by atoms with Gasteiger partial charge in [0, 0.05) is 26.1 Å². The maximum Gasteiger partial charge on any atom is 0.229 e. The number of furan rings is 1. The largest absolute Gasteiger partial charge is 0.445 e. The minimum Gasteiger partial charge on any atom is -0.445 e. The SMILES string of the molecule is Cc1ccc(N(C)C(=O)CCCO)o1. The van der Waals surface area contributed by atoms with E-state index in [4.69, 9.17) is 9.52 Å². The van der Waals surface area contributed by atoms with Crippen LogP contribution in [0.5, 0.6) is 0 Å². The van der Waals surface area contributed by atoms with E-state index in [0.717, 1.165) is 5.76 Å². The summed E-state index contributed by atoms with van der Waals surface area (Å²) >= 11 is 0. The number of hydrogen-bond acceptors (Lipinski definition) is 3. The lowest BCUT2D eigenvalue weighted by Gasteiger charge is -2.13. The smallest absolute Gasteiger partial charge is 0.229 e. The third kappa shape index (κ3) is 2.60. The molecule has 0 bridgehead atoms. The van der Waals surface area contributed by atoms with Crippen molar-refractivity contribution in [3.05, 3.63) is 17.9 Å². The number of nitrogens with zero attached hydrogens (tertiary/aromatic N) is 1. The van der Waals surface area contributed by atoms with E-state index in [1.54, 1.807) is 13.1 Å². The van der Waals surface area contributed by atoms with Crippen molar-refractivity contribution in [1.82, 2.24) is 0 Å². The molecule has 0 spiro atoms. The Balaban J connectivity index is 2.56. The van der Waals surface area contributed by atoms with Crippen LogP contribution in [0.4, 0.5) is 5.88 Å². The third-order valence-electron chi connectivity index (χ3n) is 1.98. The maximum absolute atomic E-state index is 11.5. The van der Waals surface area contributed by atoms with Crippen LogP contribution in [-0.4, -0.2) is 24.7 Å².